The Balaban J connectivity index is 2.95. The highest BCUT2D eigenvalue weighted by molar-refractivity contribution is 5.87. The van der Waals surface area contributed by atoms with Crippen molar-refractivity contribution in [3.8, 4) is 0 Å². The van der Waals surface area contributed by atoms with Crippen LogP contribution >= 0.6 is 0 Å². The molecule has 20 heavy (non-hydrogen) atoms. The van der Waals surface area contributed by atoms with Gasteiger partial charge in [0.1, 0.15) is 5.54 Å². The van der Waals surface area contributed by atoms with Crippen LogP contribution in [0.4, 0.5) is 4.79 Å². The maximum atomic E-state index is 12.7. The van der Waals surface area contributed by atoms with E-state index in [1.807, 2.05) is 20.8 Å². The minimum Gasteiger partial charge on any atom is -0.479 e. The Morgan fingerprint density at radius 2 is 1.75 bits per heavy atom. The Morgan fingerprint density at radius 3 is 2.20 bits per heavy atom. The van der Waals surface area contributed by atoms with Gasteiger partial charge in [-0.2, -0.15) is 0 Å². The van der Waals surface area contributed by atoms with Gasteiger partial charge in [-0.25, -0.2) is 9.59 Å². The van der Waals surface area contributed by atoms with Crippen molar-refractivity contribution in [2.24, 2.45) is 0 Å². The van der Waals surface area contributed by atoms with Gasteiger partial charge < -0.3 is 14.9 Å². The van der Waals surface area contributed by atoms with E-state index < -0.39 is 11.5 Å². The predicted octanol–water partition coefficient (Wildman–Crippen LogP) is 2.95. The van der Waals surface area contributed by atoms with Crippen LogP contribution < -0.4 is 0 Å². The number of carboxylic acids is 1. The second-order valence-corrected chi connectivity index (χ2v) is 5.61. The largest absolute Gasteiger partial charge is 0.479 e. The number of carbonyl (C=O) groups is 2. The normalized spacial score (nSPS) is 22.1. The Morgan fingerprint density at radius 1 is 1.15 bits per heavy atom. The molecule has 1 heterocycles. The van der Waals surface area contributed by atoms with Crippen LogP contribution in [0.15, 0.2) is 0 Å². The van der Waals surface area contributed by atoms with Crippen molar-refractivity contribution in [1.82, 2.24) is 9.80 Å². The minimum atomic E-state index is -0.981. The topological polar surface area (TPSA) is 60.9 Å². The molecule has 0 bridgehead atoms. The molecule has 1 atom stereocenters. The molecule has 0 aromatic heterocycles. The van der Waals surface area contributed by atoms with Gasteiger partial charge in [0.15, 0.2) is 0 Å². The lowest BCUT2D eigenvalue weighted by atomic mass is 9.91. The molecule has 1 rings (SSSR count). The first-order valence-electron chi connectivity index (χ1n) is 7.83. The Hall–Kier alpha value is -1.26. The van der Waals surface area contributed by atoms with E-state index in [1.165, 1.54) is 0 Å². The molecule has 1 unspecified atom stereocenters. The highest BCUT2D eigenvalue weighted by Gasteiger charge is 2.50. The van der Waals surface area contributed by atoms with Crippen molar-refractivity contribution in [1.29, 1.82) is 0 Å². The molecule has 5 nitrogen and oxygen atoms in total. The lowest BCUT2D eigenvalue weighted by Gasteiger charge is -2.38. The van der Waals surface area contributed by atoms with E-state index in [0.717, 1.165) is 25.7 Å². The van der Waals surface area contributed by atoms with Gasteiger partial charge in [-0.05, 0) is 32.1 Å². The van der Waals surface area contributed by atoms with Crippen LogP contribution in [0.2, 0.25) is 0 Å². The third kappa shape index (κ3) is 3.25. The number of aliphatic carboxylic acids is 1. The first kappa shape index (κ1) is 16.8. The third-order valence-electron chi connectivity index (χ3n) is 4.04. The monoisotopic (exact) mass is 284 g/mol. The summed E-state index contributed by atoms with van der Waals surface area (Å²) in [5.74, 6) is -0.849. The Kier molecular flexibility index (Phi) is 6.30. The molecule has 1 aliphatic rings. The number of amides is 2. The summed E-state index contributed by atoms with van der Waals surface area (Å²) >= 11 is 0. The van der Waals surface area contributed by atoms with Gasteiger partial charge >= 0.3 is 12.0 Å². The predicted molar refractivity (Wildman–Crippen MR) is 78.8 cm³/mol. The zero-order chi connectivity index (χ0) is 15.2. The highest BCUT2D eigenvalue weighted by atomic mass is 16.4. The van der Waals surface area contributed by atoms with Gasteiger partial charge in [0.25, 0.3) is 0 Å². The van der Waals surface area contributed by atoms with Gasteiger partial charge in [-0.3, -0.25) is 0 Å². The van der Waals surface area contributed by atoms with Crippen molar-refractivity contribution in [3.63, 3.8) is 0 Å². The van der Waals surface area contributed by atoms with Crippen molar-refractivity contribution in [2.45, 2.75) is 64.8 Å². The fourth-order valence-corrected chi connectivity index (χ4v) is 3.17. The second-order valence-electron chi connectivity index (χ2n) is 5.61. The fourth-order valence-electron chi connectivity index (χ4n) is 3.17. The molecule has 0 aromatic carbocycles. The average molecular weight is 284 g/mol. The van der Waals surface area contributed by atoms with E-state index in [0.29, 0.717) is 32.5 Å². The van der Waals surface area contributed by atoms with Crippen LogP contribution in [0.1, 0.15) is 59.3 Å². The molecule has 0 spiro atoms. The summed E-state index contributed by atoms with van der Waals surface area (Å²) < 4.78 is 0. The third-order valence-corrected chi connectivity index (χ3v) is 4.04. The lowest BCUT2D eigenvalue weighted by molar-refractivity contribution is -0.148. The molecule has 5 heteroatoms. The van der Waals surface area contributed by atoms with E-state index in [4.69, 9.17) is 0 Å². The number of hydrogen-bond donors (Lipinski definition) is 1. The minimum absolute atomic E-state index is 0.0953. The van der Waals surface area contributed by atoms with Gasteiger partial charge in [-0.1, -0.05) is 27.2 Å². The Bertz CT molecular complexity index is 340. The standard InChI is InChI=1S/C15H28N2O3/c1-4-8-15(13(18)19)9-7-12-17(15)14(20)16(10-5-2)11-6-3/h4-12H2,1-3H3,(H,18,19). The summed E-state index contributed by atoms with van der Waals surface area (Å²) in [6, 6.07) is -0.0953. The maximum absolute atomic E-state index is 12.7. The molecule has 2 amide bonds. The zero-order valence-corrected chi connectivity index (χ0v) is 13.0. The maximum Gasteiger partial charge on any atom is 0.329 e. The summed E-state index contributed by atoms with van der Waals surface area (Å²) in [4.78, 5) is 27.9. The number of carboxylic acid groups (broad SMARTS) is 1. The SMILES string of the molecule is CCCN(CCC)C(=O)N1CCCC1(CCC)C(=O)O. The summed E-state index contributed by atoms with van der Waals surface area (Å²) in [6.07, 6.45) is 4.47. The van der Waals surface area contributed by atoms with Crippen molar-refractivity contribution < 1.29 is 14.7 Å². The molecule has 0 aliphatic carbocycles. The molecule has 1 N–H and O–H groups in total. The second kappa shape index (κ2) is 7.50. The number of carbonyl (C=O) groups excluding carboxylic acids is 1. The van der Waals surface area contributed by atoms with E-state index in [9.17, 15) is 14.7 Å². The molecular weight excluding hydrogens is 256 g/mol. The number of likely N-dealkylation sites (tertiary alicyclic amines) is 1. The lowest BCUT2D eigenvalue weighted by Crippen LogP contribution is -2.57. The van der Waals surface area contributed by atoms with Crippen LogP contribution in [0.3, 0.4) is 0 Å². The molecule has 1 aliphatic heterocycles. The molecule has 0 saturated carbocycles. The quantitative estimate of drug-likeness (QED) is 0.782. The van der Waals surface area contributed by atoms with Crippen molar-refractivity contribution >= 4 is 12.0 Å². The molecule has 1 saturated heterocycles. The average Bonchev–Trinajstić information content (AvgIpc) is 2.83. The number of nitrogens with zero attached hydrogens (tertiary/aromatic N) is 2. The summed E-state index contributed by atoms with van der Waals surface area (Å²) in [5.41, 5.74) is -0.981. The van der Waals surface area contributed by atoms with Gasteiger partial charge in [0.2, 0.25) is 0 Å². The molecule has 1 fully saturated rings. The van der Waals surface area contributed by atoms with Crippen LogP contribution in [0, 0.1) is 0 Å². The molecule has 0 aromatic rings. The first-order chi connectivity index (χ1) is 9.53. The number of hydrogen-bond acceptors (Lipinski definition) is 2. The summed E-state index contributed by atoms with van der Waals surface area (Å²) in [5, 5.41) is 9.64. The Labute approximate surface area is 121 Å². The van der Waals surface area contributed by atoms with Crippen molar-refractivity contribution in [3.05, 3.63) is 0 Å². The smallest absolute Gasteiger partial charge is 0.329 e. The van der Waals surface area contributed by atoms with E-state index in [-0.39, 0.29) is 6.03 Å². The van der Waals surface area contributed by atoms with Crippen LogP contribution in [-0.4, -0.2) is 52.1 Å². The van der Waals surface area contributed by atoms with Crippen LogP contribution in [-0.2, 0) is 4.79 Å². The zero-order valence-electron chi connectivity index (χ0n) is 13.0. The van der Waals surface area contributed by atoms with E-state index in [1.54, 1.807) is 9.80 Å². The molecule has 116 valence electrons. The summed E-state index contributed by atoms with van der Waals surface area (Å²) in [7, 11) is 0. The number of rotatable bonds is 7. The molecule has 0 radical (unpaired) electrons. The van der Waals surface area contributed by atoms with Gasteiger partial charge in [0.05, 0.1) is 0 Å². The number of urea groups is 1. The first-order valence-corrected chi connectivity index (χ1v) is 7.83. The van der Waals surface area contributed by atoms with Crippen LogP contribution in [0.25, 0.3) is 0 Å². The fraction of sp³-hybridized carbons (Fsp3) is 0.867. The molecular formula is C15H28N2O3. The van der Waals surface area contributed by atoms with Crippen LogP contribution in [0.5, 0.6) is 0 Å². The van der Waals surface area contributed by atoms with Crippen molar-refractivity contribution in [2.75, 3.05) is 19.6 Å². The summed E-state index contributed by atoms with van der Waals surface area (Å²) in [6.45, 7) is 8.01. The van der Waals surface area contributed by atoms with Gasteiger partial charge in [0, 0.05) is 19.6 Å². The van der Waals surface area contributed by atoms with E-state index >= 15 is 0 Å². The van der Waals surface area contributed by atoms with E-state index in [2.05, 4.69) is 0 Å². The highest BCUT2D eigenvalue weighted by Crippen LogP contribution is 2.35. The van der Waals surface area contributed by atoms with Gasteiger partial charge in [-0.15, -0.1) is 0 Å².